The molecule has 7 nitrogen and oxygen atoms in total. The van der Waals surface area contributed by atoms with Crippen molar-refractivity contribution in [3.05, 3.63) is 38.3 Å². The second-order valence-corrected chi connectivity index (χ2v) is 8.94. The summed E-state index contributed by atoms with van der Waals surface area (Å²) in [4.78, 5) is 27.3. The minimum absolute atomic E-state index is 0.0214. The van der Waals surface area contributed by atoms with Gasteiger partial charge in [0.1, 0.15) is 5.82 Å². The van der Waals surface area contributed by atoms with E-state index in [1.165, 1.54) is 6.07 Å². The first-order valence-corrected chi connectivity index (χ1v) is 10.3. The maximum atomic E-state index is 15.2. The van der Waals surface area contributed by atoms with Gasteiger partial charge in [0.25, 0.3) is 5.56 Å². The first kappa shape index (κ1) is 19.9. The number of nitrogen functional groups attached to an aromatic ring is 1. The van der Waals surface area contributed by atoms with Gasteiger partial charge in [-0.25, -0.2) is 9.18 Å². The van der Waals surface area contributed by atoms with Gasteiger partial charge in [-0.2, -0.15) is 4.68 Å². The van der Waals surface area contributed by atoms with Crippen molar-refractivity contribution in [2.75, 3.05) is 30.9 Å². The Balaban J connectivity index is 1.89. The highest BCUT2D eigenvalue weighted by atomic mass is 19.1. The Morgan fingerprint density at radius 3 is 2.55 bits per heavy atom. The lowest BCUT2D eigenvalue weighted by Crippen LogP contribution is -2.47. The summed E-state index contributed by atoms with van der Waals surface area (Å²) >= 11 is 0. The number of nitrogens with zero attached hydrogens (tertiary/aromatic N) is 3. The number of aryl methyl sites for hydroxylation is 1. The number of hydrogen-bond acceptors (Lipinski definition) is 5. The van der Waals surface area contributed by atoms with Crippen molar-refractivity contribution in [3.63, 3.8) is 0 Å². The Kier molecular flexibility index (Phi) is 4.72. The van der Waals surface area contributed by atoms with Gasteiger partial charge in [-0.1, -0.05) is 6.92 Å². The number of aromatic nitrogens is 2. The van der Waals surface area contributed by atoms with E-state index in [9.17, 15) is 14.7 Å². The third-order valence-electron chi connectivity index (χ3n) is 7.15. The van der Waals surface area contributed by atoms with Crippen LogP contribution < -0.4 is 22.0 Å². The highest BCUT2D eigenvalue weighted by Gasteiger charge is 2.48. The molecule has 158 valence electrons. The molecule has 0 saturated heterocycles. The maximum Gasteiger partial charge on any atom is 0.350 e. The summed E-state index contributed by atoms with van der Waals surface area (Å²) in [5, 5.41) is 9.72. The first-order valence-electron chi connectivity index (χ1n) is 10.3. The molecule has 0 aliphatic heterocycles. The van der Waals surface area contributed by atoms with Crippen LogP contribution in [0.25, 0.3) is 10.9 Å². The van der Waals surface area contributed by atoms with E-state index < -0.39 is 17.1 Å². The van der Waals surface area contributed by atoms with Gasteiger partial charge in [0, 0.05) is 31.8 Å². The van der Waals surface area contributed by atoms with Crippen molar-refractivity contribution in [1.29, 1.82) is 0 Å². The summed E-state index contributed by atoms with van der Waals surface area (Å²) < 4.78 is 17.4. The molecule has 8 heteroatoms. The van der Waals surface area contributed by atoms with Crippen LogP contribution in [0.3, 0.4) is 0 Å². The van der Waals surface area contributed by atoms with Crippen LogP contribution in [0, 0.1) is 24.1 Å². The van der Waals surface area contributed by atoms with Gasteiger partial charge in [0.15, 0.2) is 0 Å². The highest BCUT2D eigenvalue weighted by molar-refractivity contribution is 5.87. The van der Waals surface area contributed by atoms with Crippen LogP contribution in [-0.4, -0.2) is 34.5 Å². The standard InChI is InChI=1S/C21H29FN4O3/c1-12(10-27)21(7-8-21)11-24(3)18-13(2)17-15(9-16(18)22)19(28)26(23)20(29)25(17)14-5-4-6-14/h9,12,14,27H,4-8,10-11,23H2,1-3H3. The number of fused-ring (bicyclic) bond motifs is 1. The minimum atomic E-state index is -0.677. The van der Waals surface area contributed by atoms with E-state index in [0.717, 1.165) is 32.1 Å². The molecule has 0 radical (unpaired) electrons. The normalized spacial score (nSPS) is 19.2. The number of aliphatic hydroxyl groups excluding tert-OH is 1. The van der Waals surface area contributed by atoms with E-state index in [4.69, 9.17) is 5.84 Å². The zero-order valence-corrected chi connectivity index (χ0v) is 17.2. The lowest BCUT2D eigenvalue weighted by atomic mass is 9.90. The molecule has 2 aliphatic rings. The molecule has 1 aromatic heterocycles. The van der Waals surface area contributed by atoms with Gasteiger partial charge in [0.2, 0.25) is 0 Å². The molecule has 3 N–H and O–H groups in total. The Labute approximate surface area is 168 Å². The van der Waals surface area contributed by atoms with Gasteiger partial charge >= 0.3 is 5.69 Å². The van der Waals surface area contributed by atoms with Crippen molar-refractivity contribution in [2.24, 2.45) is 11.3 Å². The number of benzene rings is 1. The number of hydrogen-bond donors (Lipinski definition) is 2. The molecular formula is C21H29FN4O3. The summed E-state index contributed by atoms with van der Waals surface area (Å²) in [5.74, 6) is 5.35. The highest BCUT2D eigenvalue weighted by Crippen LogP contribution is 2.53. The maximum absolute atomic E-state index is 15.2. The van der Waals surface area contributed by atoms with Gasteiger partial charge in [0.05, 0.1) is 16.6 Å². The molecule has 29 heavy (non-hydrogen) atoms. The summed E-state index contributed by atoms with van der Waals surface area (Å²) in [6.45, 7) is 4.49. The molecule has 4 rings (SSSR count). The summed E-state index contributed by atoms with van der Waals surface area (Å²) in [6, 6.07) is 1.19. The summed E-state index contributed by atoms with van der Waals surface area (Å²) in [5.41, 5.74) is 0.209. The average Bonchev–Trinajstić information content (AvgIpc) is 3.41. The van der Waals surface area contributed by atoms with Gasteiger partial charge in [-0.15, -0.1) is 0 Å². The van der Waals surface area contributed by atoms with Gasteiger partial charge in [-0.3, -0.25) is 9.36 Å². The number of rotatable bonds is 6. The van der Waals surface area contributed by atoms with Crippen LogP contribution in [0.4, 0.5) is 10.1 Å². The second kappa shape index (κ2) is 6.86. The molecular weight excluding hydrogens is 375 g/mol. The summed E-state index contributed by atoms with van der Waals surface area (Å²) in [7, 11) is 1.83. The fourth-order valence-corrected chi connectivity index (χ4v) is 4.82. The van der Waals surface area contributed by atoms with Crippen molar-refractivity contribution in [2.45, 2.75) is 52.0 Å². The fraction of sp³-hybridized carbons (Fsp3) is 0.619. The average molecular weight is 404 g/mol. The van der Waals surface area contributed by atoms with E-state index in [-0.39, 0.29) is 29.4 Å². The molecule has 2 fully saturated rings. The van der Waals surface area contributed by atoms with Crippen molar-refractivity contribution >= 4 is 16.6 Å². The number of aliphatic hydroxyl groups is 1. The molecule has 2 aliphatic carbocycles. The predicted molar refractivity (Wildman–Crippen MR) is 111 cm³/mol. The van der Waals surface area contributed by atoms with Gasteiger partial charge in [-0.05, 0) is 56.4 Å². The molecule has 1 heterocycles. The quantitative estimate of drug-likeness (QED) is 0.718. The third kappa shape index (κ3) is 2.96. The predicted octanol–water partition coefficient (Wildman–Crippen LogP) is 1.89. The number of nitrogens with two attached hydrogens (primary N) is 1. The largest absolute Gasteiger partial charge is 0.396 e. The molecule has 0 amide bonds. The zero-order valence-electron chi connectivity index (χ0n) is 17.2. The summed E-state index contributed by atoms with van der Waals surface area (Å²) in [6.07, 6.45) is 4.69. The lowest BCUT2D eigenvalue weighted by molar-refractivity contribution is 0.178. The molecule has 2 aromatic rings. The van der Waals surface area contributed by atoms with Crippen molar-refractivity contribution in [3.8, 4) is 0 Å². The third-order valence-corrected chi connectivity index (χ3v) is 7.15. The van der Waals surface area contributed by atoms with E-state index >= 15 is 4.39 Å². The topological polar surface area (TPSA) is 93.5 Å². The Morgan fingerprint density at radius 1 is 1.38 bits per heavy atom. The van der Waals surface area contributed by atoms with Gasteiger partial charge < -0.3 is 15.8 Å². The monoisotopic (exact) mass is 404 g/mol. The molecule has 2 saturated carbocycles. The number of anilines is 1. The smallest absolute Gasteiger partial charge is 0.350 e. The van der Waals surface area contributed by atoms with Crippen LogP contribution in [0.5, 0.6) is 0 Å². The molecule has 1 atom stereocenters. The second-order valence-electron chi connectivity index (χ2n) is 8.94. The Hall–Kier alpha value is -2.35. The van der Waals surface area contributed by atoms with E-state index in [0.29, 0.717) is 28.0 Å². The molecule has 0 bridgehead atoms. The fourth-order valence-electron chi connectivity index (χ4n) is 4.82. The minimum Gasteiger partial charge on any atom is -0.396 e. The van der Waals surface area contributed by atoms with E-state index in [1.807, 2.05) is 18.9 Å². The van der Waals surface area contributed by atoms with Crippen LogP contribution in [0.15, 0.2) is 15.7 Å². The molecule has 1 unspecified atom stereocenters. The van der Waals surface area contributed by atoms with E-state index in [2.05, 4.69) is 0 Å². The zero-order chi connectivity index (χ0) is 21.1. The van der Waals surface area contributed by atoms with Crippen LogP contribution >= 0.6 is 0 Å². The Bertz CT molecular complexity index is 1080. The van der Waals surface area contributed by atoms with E-state index in [1.54, 1.807) is 11.5 Å². The van der Waals surface area contributed by atoms with Crippen molar-refractivity contribution < 1.29 is 9.50 Å². The number of halogens is 1. The first-order chi connectivity index (χ1) is 13.7. The van der Waals surface area contributed by atoms with Crippen LogP contribution in [-0.2, 0) is 0 Å². The van der Waals surface area contributed by atoms with Crippen LogP contribution in [0.2, 0.25) is 0 Å². The SMILES string of the molecule is Cc1c(N(C)CC2(C(C)CO)CC2)c(F)cc2c(=O)n(N)c(=O)n(C3CCC3)c12. The molecule has 1 aromatic carbocycles. The molecule has 0 spiro atoms. The van der Waals surface area contributed by atoms with Crippen molar-refractivity contribution in [1.82, 2.24) is 9.24 Å². The Morgan fingerprint density at radius 2 is 2.03 bits per heavy atom. The lowest BCUT2D eigenvalue weighted by Gasteiger charge is -2.33. The van der Waals surface area contributed by atoms with Crippen LogP contribution in [0.1, 0.15) is 50.6 Å².